The number of piperidine rings is 1. The zero-order valence-corrected chi connectivity index (χ0v) is 16.6. The Kier molecular flexibility index (Phi) is 10.3. The largest absolute Gasteiger partial charge is 0.398 e. The fraction of sp³-hybridized carbons (Fsp3) is 0.435. The molecule has 0 saturated carbocycles. The van der Waals surface area contributed by atoms with E-state index in [9.17, 15) is 4.79 Å². The SMILES string of the molecule is C=C/C=C(C(=O)CN1CCC(Cc2ccccc2)CC1)\C(N)=C/C.CC. The van der Waals surface area contributed by atoms with Gasteiger partial charge < -0.3 is 5.73 Å². The average molecular weight is 355 g/mol. The summed E-state index contributed by atoms with van der Waals surface area (Å²) >= 11 is 0. The summed E-state index contributed by atoms with van der Waals surface area (Å²) < 4.78 is 0. The molecule has 1 saturated heterocycles. The Balaban J connectivity index is 0.00000163. The van der Waals surface area contributed by atoms with Gasteiger partial charge in [-0.3, -0.25) is 9.69 Å². The van der Waals surface area contributed by atoms with Crippen LogP contribution in [0.3, 0.4) is 0 Å². The lowest BCUT2D eigenvalue weighted by Gasteiger charge is -2.31. The minimum Gasteiger partial charge on any atom is -0.398 e. The highest BCUT2D eigenvalue weighted by Gasteiger charge is 2.22. The molecule has 1 heterocycles. The number of hydrogen-bond donors (Lipinski definition) is 1. The predicted octanol–water partition coefficient (Wildman–Crippen LogP) is 4.51. The third kappa shape index (κ3) is 7.01. The third-order valence-corrected chi connectivity index (χ3v) is 4.65. The molecule has 1 aliphatic rings. The van der Waals surface area contributed by atoms with Gasteiger partial charge in [-0.05, 0) is 56.8 Å². The van der Waals surface area contributed by atoms with Crippen LogP contribution in [0.5, 0.6) is 0 Å². The minimum atomic E-state index is 0.0759. The molecule has 1 aromatic rings. The molecule has 1 aromatic carbocycles. The molecule has 142 valence electrons. The van der Waals surface area contributed by atoms with Gasteiger partial charge >= 0.3 is 0 Å². The van der Waals surface area contributed by atoms with E-state index in [1.807, 2.05) is 20.8 Å². The second-order valence-corrected chi connectivity index (χ2v) is 6.39. The van der Waals surface area contributed by atoms with Gasteiger partial charge in [0, 0.05) is 11.3 Å². The lowest BCUT2D eigenvalue weighted by Crippen LogP contribution is -2.38. The molecule has 26 heavy (non-hydrogen) atoms. The molecule has 1 fully saturated rings. The van der Waals surface area contributed by atoms with Crippen LogP contribution in [0.15, 0.2) is 66.4 Å². The summed E-state index contributed by atoms with van der Waals surface area (Å²) in [4.78, 5) is 14.7. The van der Waals surface area contributed by atoms with Gasteiger partial charge in [0.05, 0.1) is 6.54 Å². The van der Waals surface area contributed by atoms with Crippen molar-refractivity contribution in [1.82, 2.24) is 4.90 Å². The number of nitrogens with zero attached hydrogens (tertiary/aromatic N) is 1. The van der Waals surface area contributed by atoms with E-state index in [1.165, 1.54) is 5.56 Å². The van der Waals surface area contributed by atoms with E-state index in [2.05, 4.69) is 41.8 Å². The van der Waals surface area contributed by atoms with E-state index in [4.69, 9.17) is 5.73 Å². The molecule has 0 unspecified atom stereocenters. The summed E-state index contributed by atoms with van der Waals surface area (Å²) in [5.41, 5.74) is 8.42. The number of allylic oxidation sites excluding steroid dienone is 4. The topological polar surface area (TPSA) is 46.3 Å². The quantitative estimate of drug-likeness (QED) is 0.579. The Morgan fingerprint density at radius 1 is 1.23 bits per heavy atom. The molecule has 0 spiro atoms. The molecule has 0 atom stereocenters. The summed E-state index contributed by atoms with van der Waals surface area (Å²) in [5, 5.41) is 0. The predicted molar refractivity (Wildman–Crippen MR) is 112 cm³/mol. The average Bonchev–Trinajstić information content (AvgIpc) is 2.69. The van der Waals surface area contributed by atoms with Crippen molar-refractivity contribution in [3.8, 4) is 0 Å². The molecule has 0 aromatic heterocycles. The molecule has 3 heteroatoms. The van der Waals surface area contributed by atoms with Crippen LogP contribution in [-0.2, 0) is 11.2 Å². The number of rotatable bonds is 7. The van der Waals surface area contributed by atoms with Gasteiger partial charge in [-0.2, -0.15) is 0 Å². The van der Waals surface area contributed by atoms with Crippen molar-refractivity contribution < 1.29 is 4.79 Å². The summed E-state index contributed by atoms with van der Waals surface area (Å²) in [6.45, 7) is 11.9. The van der Waals surface area contributed by atoms with Crippen molar-refractivity contribution >= 4 is 5.78 Å². The van der Waals surface area contributed by atoms with Crippen molar-refractivity contribution in [2.45, 2.75) is 40.0 Å². The number of carbonyl (C=O) groups excluding carboxylic acids is 1. The normalized spacial score (nSPS) is 16.6. The zero-order chi connectivity index (χ0) is 19.4. The maximum atomic E-state index is 12.5. The van der Waals surface area contributed by atoms with Crippen molar-refractivity contribution in [3.05, 3.63) is 72.0 Å². The Labute approximate surface area is 159 Å². The van der Waals surface area contributed by atoms with E-state index in [1.54, 1.807) is 18.2 Å². The highest BCUT2D eigenvalue weighted by atomic mass is 16.1. The van der Waals surface area contributed by atoms with Crippen LogP contribution in [0.4, 0.5) is 0 Å². The highest BCUT2D eigenvalue weighted by molar-refractivity contribution is 6.00. The summed E-state index contributed by atoms with van der Waals surface area (Å²) in [5.74, 6) is 0.787. The van der Waals surface area contributed by atoms with Gasteiger partial charge in [-0.15, -0.1) is 0 Å². The molecule has 0 bridgehead atoms. The second kappa shape index (κ2) is 12.3. The maximum absolute atomic E-state index is 12.5. The fourth-order valence-corrected chi connectivity index (χ4v) is 3.21. The molecular weight excluding hydrogens is 320 g/mol. The first-order valence-corrected chi connectivity index (χ1v) is 9.68. The van der Waals surface area contributed by atoms with Gasteiger partial charge in [0.1, 0.15) is 0 Å². The number of likely N-dealkylation sites (tertiary alicyclic amines) is 1. The van der Waals surface area contributed by atoms with Crippen LogP contribution < -0.4 is 5.73 Å². The first-order chi connectivity index (χ1) is 12.6. The maximum Gasteiger partial charge on any atom is 0.178 e. The summed E-state index contributed by atoms with van der Waals surface area (Å²) in [7, 11) is 0. The molecule has 2 N–H and O–H groups in total. The molecule has 1 aliphatic heterocycles. The Bertz CT molecular complexity index is 608. The van der Waals surface area contributed by atoms with Crippen molar-refractivity contribution in [2.24, 2.45) is 11.7 Å². The van der Waals surface area contributed by atoms with Crippen molar-refractivity contribution in [2.75, 3.05) is 19.6 Å². The van der Waals surface area contributed by atoms with Gasteiger partial charge in [0.15, 0.2) is 5.78 Å². The number of Topliss-reactive ketones (excluding diaryl/α,β-unsaturated/α-hetero) is 1. The third-order valence-electron chi connectivity index (χ3n) is 4.65. The number of carbonyl (C=O) groups is 1. The standard InChI is InChI=1S/C21H28N2O.C2H6/c1-3-8-19(20(22)4-2)21(24)16-23-13-11-18(12-14-23)15-17-9-6-5-7-10-17;1-2/h3-10,18H,1,11-16,22H2,2H3;1-2H3/b19-8+,20-4+;. The van der Waals surface area contributed by atoms with Crippen LogP contribution >= 0.6 is 0 Å². The number of benzene rings is 1. The second-order valence-electron chi connectivity index (χ2n) is 6.39. The van der Waals surface area contributed by atoms with Crippen LogP contribution in [0, 0.1) is 5.92 Å². The van der Waals surface area contributed by atoms with Crippen molar-refractivity contribution in [3.63, 3.8) is 0 Å². The van der Waals surface area contributed by atoms with Crippen LogP contribution in [-0.4, -0.2) is 30.3 Å². The van der Waals surface area contributed by atoms with Crippen LogP contribution in [0.1, 0.15) is 39.2 Å². The van der Waals surface area contributed by atoms with Gasteiger partial charge in [-0.25, -0.2) is 0 Å². The zero-order valence-electron chi connectivity index (χ0n) is 16.6. The summed E-state index contributed by atoms with van der Waals surface area (Å²) in [6, 6.07) is 10.7. The minimum absolute atomic E-state index is 0.0759. The number of ketones is 1. The van der Waals surface area contributed by atoms with Gasteiger partial charge in [0.2, 0.25) is 0 Å². The van der Waals surface area contributed by atoms with E-state index in [-0.39, 0.29) is 5.78 Å². The lowest BCUT2D eigenvalue weighted by atomic mass is 9.90. The van der Waals surface area contributed by atoms with E-state index < -0.39 is 0 Å². The first kappa shape index (κ1) is 21.9. The Hall–Kier alpha value is -2.13. The molecule has 3 nitrogen and oxygen atoms in total. The van der Waals surface area contributed by atoms with E-state index in [0.717, 1.165) is 32.4 Å². The van der Waals surface area contributed by atoms with E-state index >= 15 is 0 Å². The fourth-order valence-electron chi connectivity index (χ4n) is 3.21. The number of nitrogens with two attached hydrogens (primary N) is 1. The van der Waals surface area contributed by atoms with E-state index in [0.29, 0.717) is 23.7 Å². The molecule has 0 aliphatic carbocycles. The molecule has 0 amide bonds. The Morgan fingerprint density at radius 3 is 2.38 bits per heavy atom. The molecule has 0 radical (unpaired) electrons. The Morgan fingerprint density at radius 2 is 1.85 bits per heavy atom. The van der Waals surface area contributed by atoms with Crippen molar-refractivity contribution in [1.29, 1.82) is 0 Å². The molecular formula is C23H34N2O. The smallest absolute Gasteiger partial charge is 0.178 e. The number of hydrogen-bond acceptors (Lipinski definition) is 3. The lowest BCUT2D eigenvalue weighted by molar-refractivity contribution is -0.116. The van der Waals surface area contributed by atoms with Crippen LogP contribution in [0.2, 0.25) is 0 Å². The van der Waals surface area contributed by atoms with Crippen LogP contribution in [0.25, 0.3) is 0 Å². The summed E-state index contributed by atoms with van der Waals surface area (Å²) in [6.07, 6.45) is 8.51. The van der Waals surface area contributed by atoms with Gasteiger partial charge in [0.25, 0.3) is 0 Å². The highest BCUT2D eigenvalue weighted by Crippen LogP contribution is 2.22. The first-order valence-electron chi connectivity index (χ1n) is 9.68. The monoisotopic (exact) mass is 354 g/mol. The molecule has 2 rings (SSSR count). The van der Waals surface area contributed by atoms with Gasteiger partial charge in [-0.1, -0.05) is 62.9 Å².